The van der Waals surface area contributed by atoms with E-state index in [4.69, 9.17) is 0 Å². The Morgan fingerprint density at radius 3 is 2.33 bits per heavy atom. The van der Waals surface area contributed by atoms with E-state index in [2.05, 4.69) is 14.9 Å². The van der Waals surface area contributed by atoms with E-state index >= 15 is 0 Å². The molecule has 0 radical (unpaired) electrons. The number of benzene rings is 1. The number of alkyl halides is 3. The van der Waals surface area contributed by atoms with Crippen LogP contribution in [0.3, 0.4) is 0 Å². The van der Waals surface area contributed by atoms with Crippen LogP contribution in [0, 0.1) is 0 Å². The second-order valence-electron chi connectivity index (χ2n) is 5.78. The maximum Gasteiger partial charge on any atom is 0.393 e. The normalized spacial score (nSPS) is 17.1. The lowest BCUT2D eigenvalue weighted by Crippen LogP contribution is -2.44. The first kappa shape index (κ1) is 19.2. The monoisotopic (exact) mass is 365 g/mol. The Morgan fingerprint density at radius 1 is 1.12 bits per heavy atom. The van der Waals surface area contributed by atoms with Crippen LogP contribution in [0.25, 0.3) is 0 Å². The number of piperazine rings is 1. The molecule has 9 heteroatoms. The fraction of sp³-hybridized carbons (Fsp3) is 0.600. The molecule has 0 amide bonds. The van der Waals surface area contributed by atoms with Gasteiger partial charge in [-0.05, 0) is 30.7 Å². The fourth-order valence-electron chi connectivity index (χ4n) is 2.55. The van der Waals surface area contributed by atoms with E-state index in [-0.39, 0.29) is 10.5 Å². The maximum atomic E-state index is 12.3. The predicted octanol–water partition coefficient (Wildman–Crippen LogP) is 1.36. The minimum atomic E-state index is -4.30. The molecule has 0 aromatic heterocycles. The van der Waals surface area contributed by atoms with Crippen molar-refractivity contribution in [3.05, 3.63) is 29.8 Å². The fourth-order valence-corrected chi connectivity index (χ4v) is 3.62. The Morgan fingerprint density at radius 2 is 1.75 bits per heavy atom. The summed E-state index contributed by atoms with van der Waals surface area (Å²) in [6.45, 7) is 4.90. The number of halogens is 3. The van der Waals surface area contributed by atoms with E-state index in [0.717, 1.165) is 32.7 Å². The first-order valence-corrected chi connectivity index (χ1v) is 9.33. The highest BCUT2D eigenvalue weighted by Crippen LogP contribution is 2.22. The van der Waals surface area contributed by atoms with Gasteiger partial charge in [-0.2, -0.15) is 13.2 Å². The van der Waals surface area contributed by atoms with Gasteiger partial charge in [-0.1, -0.05) is 12.1 Å². The number of rotatable bonds is 7. The van der Waals surface area contributed by atoms with Gasteiger partial charge >= 0.3 is 6.18 Å². The van der Waals surface area contributed by atoms with Gasteiger partial charge in [0.15, 0.2) is 0 Å². The zero-order valence-electron chi connectivity index (χ0n) is 13.3. The minimum absolute atomic E-state index is 0.0180. The molecule has 1 aromatic rings. The highest BCUT2D eigenvalue weighted by molar-refractivity contribution is 7.89. The summed E-state index contributed by atoms with van der Waals surface area (Å²) < 4.78 is 63.6. The van der Waals surface area contributed by atoms with E-state index in [0.29, 0.717) is 13.0 Å². The average molecular weight is 365 g/mol. The molecule has 24 heavy (non-hydrogen) atoms. The molecule has 1 heterocycles. The molecule has 2 N–H and O–H groups in total. The third-order valence-corrected chi connectivity index (χ3v) is 5.27. The van der Waals surface area contributed by atoms with Crippen LogP contribution in [0.5, 0.6) is 0 Å². The van der Waals surface area contributed by atoms with Crippen LogP contribution in [0.15, 0.2) is 29.2 Å². The molecule has 2 rings (SSSR count). The largest absolute Gasteiger partial charge is 0.393 e. The van der Waals surface area contributed by atoms with Crippen LogP contribution in [0.2, 0.25) is 0 Å². The second kappa shape index (κ2) is 8.28. The molecule has 5 nitrogen and oxygen atoms in total. The van der Waals surface area contributed by atoms with Crippen LogP contribution < -0.4 is 10.0 Å². The summed E-state index contributed by atoms with van der Waals surface area (Å²) in [6.07, 6.45) is -4.68. The standard InChI is InChI=1S/C15H22F3N3O2S/c16-15(17,18)12-13-2-4-14(5-3-13)24(22,23)20-6-1-9-21-10-7-19-8-11-21/h2-5,19-20H,1,6-12H2. The maximum absolute atomic E-state index is 12.3. The van der Waals surface area contributed by atoms with Crippen molar-refractivity contribution in [2.24, 2.45) is 0 Å². The summed E-state index contributed by atoms with van der Waals surface area (Å²) in [4.78, 5) is 2.24. The van der Waals surface area contributed by atoms with Crippen molar-refractivity contribution in [3.8, 4) is 0 Å². The molecule has 0 aliphatic carbocycles. The lowest BCUT2D eigenvalue weighted by Gasteiger charge is -2.27. The molecule has 1 aliphatic heterocycles. The van der Waals surface area contributed by atoms with Crippen molar-refractivity contribution in [3.63, 3.8) is 0 Å². The first-order valence-electron chi connectivity index (χ1n) is 7.85. The zero-order chi connectivity index (χ0) is 17.6. The topological polar surface area (TPSA) is 61.4 Å². The van der Waals surface area contributed by atoms with Gasteiger partial charge in [-0.3, -0.25) is 0 Å². The Labute approximate surface area is 140 Å². The molecular formula is C15H22F3N3O2S. The smallest absolute Gasteiger partial charge is 0.314 e. The Balaban J connectivity index is 1.81. The molecule has 0 spiro atoms. The van der Waals surface area contributed by atoms with Gasteiger partial charge in [0.2, 0.25) is 10.0 Å². The van der Waals surface area contributed by atoms with Crippen LogP contribution >= 0.6 is 0 Å². The number of hydrogen-bond donors (Lipinski definition) is 2. The second-order valence-corrected chi connectivity index (χ2v) is 7.55. The molecule has 1 fully saturated rings. The van der Waals surface area contributed by atoms with Crippen molar-refractivity contribution >= 4 is 10.0 Å². The van der Waals surface area contributed by atoms with Crippen molar-refractivity contribution in [2.45, 2.75) is 23.9 Å². The van der Waals surface area contributed by atoms with Gasteiger partial charge in [-0.25, -0.2) is 13.1 Å². The Bertz CT molecular complexity index is 612. The summed E-state index contributed by atoms with van der Waals surface area (Å²) in [5, 5.41) is 3.25. The molecule has 0 bridgehead atoms. The number of nitrogens with one attached hydrogen (secondary N) is 2. The van der Waals surface area contributed by atoms with E-state index in [1.165, 1.54) is 24.3 Å². The molecule has 1 aliphatic rings. The van der Waals surface area contributed by atoms with Gasteiger partial charge in [-0.15, -0.1) is 0 Å². The number of nitrogens with zero attached hydrogens (tertiary/aromatic N) is 1. The Kier molecular flexibility index (Phi) is 6.62. The highest BCUT2D eigenvalue weighted by Gasteiger charge is 2.27. The van der Waals surface area contributed by atoms with E-state index < -0.39 is 22.6 Å². The van der Waals surface area contributed by atoms with Gasteiger partial charge in [0.1, 0.15) is 0 Å². The van der Waals surface area contributed by atoms with E-state index in [1.54, 1.807) is 0 Å². The van der Waals surface area contributed by atoms with Gasteiger partial charge in [0, 0.05) is 32.7 Å². The van der Waals surface area contributed by atoms with Crippen molar-refractivity contribution < 1.29 is 21.6 Å². The van der Waals surface area contributed by atoms with Crippen molar-refractivity contribution in [1.29, 1.82) is 0 Å². The summed E-state index contributed by atoms with van der Waals surface area (Å²) >= 11 is 0. The third kappa shape index (κ3) is 6.39. The first-order chi connectivity index (χ1) is 11.3. The molecule has 0 unspecified atom stereocenters. The Hall–Kier alpha value is -1.16. The van der Waals surface area contributed by atoms with Crippen LogP contribution in [0.1, 0.15) is 12.0 Å². The zero-order valence-corrected chi connectivity index (χ0v) is 14.1. The van der Waals surface area contributed by atoms with Crippen molar-refractivity contribution in [1.82, 2.24) is 14.9 Å². The van der Waals surface area contributed by atoms with Crippen LogP contribution in [-0.4, -0.2) is 58.8 Å². The molecule has 136 valence electrons. The molecular weight excluding hydrogens is 343 g/mol. The summed E-state index contributed by atoms with van der Waals surface area (Å²) in [7, 11) is -3.69. The number of hydrogen-bond acceptors (Lipinski definition) is 4. The predicted molar refractivity (Wildman–Crippen MR) is 85.3 cm³/mol. The molecule has 1 saturated heterocycles. The van der Waals surface area contributed by atoms with E-state index in [1.807, 2.05) is 0 Å². The van der Waals surface area contributed by atoms with Crippen LogP contribution in [-0.2, 0) is 16.4 Å². The highest BCUT2D eigenvalue weighted by atomic mass is 32.2. The molecule has 1 aromatic carbocycles. The lowest BCUT2D eigenvalue weighted by atomic mass is 10.1. The average Bonchev–Trinajstić information content (AvgIpc) is 2.52. The summed E-state index contributed by atoms with van der Waals surface area (Å²) in [5.74, 6) is 0. The van der Waals surface area contributed by atoms with E-state index in [9.17, 15) is 21.6 Å². The lowest BCUT2D eigenvalue weighted by molar-refractivity contribution is -0.127. The van der Waals surface area contributed by atoms with Crippen LogP contribution in [0.4, 0.5) is 13.2 Å². The van der Waals surface area contributed by atoms with Crippen molar-refractivity contribution in [2.75, 3.05) is 39.3 Å². The van der Waals surface area contributed by atoms with Gasteiger partial charge in [0.25, 0.3) is 0 Å². The number of sulfonamides is 1. The molecule has 0 atom stereocenters. The quantitative estimate of drug-likeness (QED) is 0.717. The molecule has 0 saturated carbocycles. The van der Waals surface area contributed by atoms with Gasteiger partial charge in [0.05, 0.1) is 11.3 Å². The SMILES string of the molecule is O=S(=O)(NCCCN1CCNCC1)c1ccc(CC(F)(F)F)cc1. The minimum Gasteiger partial charge on any atom is -0.314 e. The summed E-state index contributed by atoms with van der Waals surface area (Å²) in [6, 6.07) is 4.81. The van der Waals surface area contributed by atoms with Gasteiger partial charge < -0.3 is 10.2 Å². The third-order valence-electron chi connectivity index (χ3n) is 3.79. The summed E-state index contributed by atoms with van der Waals surface area (Å²) in [5.41, 5.74) is 0.0418.